The Balaban J connectivity index is 1.59. The summed E-state index contributed by atoms with van der Waals surface area (Å²) in [5.41, 5.74) is 4.07. The van der Waals surface area contributed by atoms with Crippen molar-refractivity contribution in [2.24, 2.45) is 0 Å². The summed E-state index contributed by atoms with van der Waals surface area (Å²) in [6, 6.07) is 11.8. The van der Waals surface area contributed by atoms with Crippen molar-refractivity contribution in [1.29, 1.82) is 0 Å². The maximum Gasteiger partial charge on any atom is 0.260 e. The molecule has 2 aromatic carbocycles. The van der Waals surface area contributed by atoms with Gasteiger partial charge in [-0.05, 0) is 61.7 Å². The summed E-state index contributed by atoms with van der Waals surface area (Å²) in [5, 5.41) is 0.772. The summed E-state index contributed by atoms with van der Waals surface area (Å²) in [6.45, 7) is 9.29. The molecule has 158 valence electrons. The van der Waals surface area contributed by atoms with Crippen LogP contribution in [0.25, 0.3) is 10.2 Å². The van der Waals surface area contributed by atoms with E-state index < -0.39 is 0 Å². The molecule has 0 aliphatic carbocycles. The predicted molar refractivity (Wildman–Crippen MR) is 127 cm³/mol. The van der Waals surface area contributed by atoms with Crippen molar-refractivity contribution < 1.29 is 9.53 Å². The Morgan fingerprint density at radius 1 is 1.17 bits per heavy atom. The van der Waals surface area contributed by atoms with Gasteiger partial charge < -0.3 is 4.74 Å². The van der Waals surface area contributed by atoms with Gasteiger partial charge in [-0.25, -0.2) is 4.98 Å². The largest absolute Gasteiger partial charge is 0.379 e. The van der Waals surface area contributed by atoms with Crippen LogP contribution in [0, 0.1) is 13.8 Å². The number of nitrogens with zero attached hydrogens (tertiary/aromatic N) is 3. The number of aromatic nitrogens is 1. The number of hydrogen-bond donors (Lipinski definition) is 0. The zero-order valence-electron chi connectivity index (χ0n) is 17.4. The van der Waals surface area contributed by atoms with Crippen molar-refractivity contribution in [1.82, 2.24) is 9.88 Å². The van der Waals surface area contributed by atoms with Crippen LogP contribution in [0.15, 0.2) is 40.9 Å². The van der Waals surface area contributed by atoms with E-state index in [-0.39, 0.29) is 5.91 Å². The first-order chi connectivity index (χ1) is 14.5. The first-order valence-corrected chi connectivity index (χ1v) is 11.9. The number of rotatable bonds is 6. The molecule has 0 radical (unpaired) electrons. The van der Waals surface area contributed by atoms with Crippen LogP contribution in [0.5, 0.6) is 0 Å². The van der Waals surface area contributed by atoms with E-state index >= 15 is 0 Å². The average molecular weight is 488 g/mol. The first kappa shape index (κ1) is 21.4. The molecule has 1 aliphatic rings. The van der Waals surface area contributed by atoms with Crippen molar-refractivity contribution in [2.45, 2.75) is 20.3 Å². The monoisotopic (exact) mass is 487 g/mol. The number of morpholine rings is 1. The van der Waals surface area contributed by atoms with E-state index in [0.717, 1.165) is 59.1 Å². The number of anilines is 1. The molecular formula is C23H26BrN3O2S. The Morgan fingerprint density at radius 3 is 2.63 bits per heavy atom. The molecule has 30 heavy (non-hydrogen) atoms. The number of hydrogen-bond acceptors (Lipinski definition) is 5. The second-order valence-corrected chi connectivity index (χ2v) is 9.55. The molecule has 4 rings (SSSR count). The summed E-state index contributed by atoms with van der Waals surface area (Å²) in [5.74, 6) is -0.00194. The summed E-state index contributed by atoms with van der Waals surface area (Å²) >= 11 is 5.04. The van der Waals surface area contributed by atoms with Crippen molar-refractivity contribution in [2.75, 3.05) is 44.3 Å². The van der Waals surface area contributed by atoms with Gasteiger partial charge in [0.25, 0.3) is 5.91 Å². The van der Waals surface area contributed by atoms with Crippen LogP contribution in [0.2, 0.25) is 0 Å². The standard InChI is InChI=1S/C23H26BrN3O2S/c1-16-4-9-20-21(17(16)2)25-23(30-20)27(11-3-10-26-12-14-29-15-13-26)22(28)18-5-7-19(24)8-6-18/h4-9H,3,10-15H2,1-2H3. The molecule has 1 aliphatic heterocycles. The van der Waals surface area contributed by atoms with E-state index in [1.165, 1.54) is 11.1 Å². The number of benzene rings is 2. The summed E-state index contributed by atoms with van der Waals surface area (Å²) in [7, 11) is 0. The number of ether oxygens (including phenoxy) is 1. The Hall–Kier alpha value is -1.80. The van der Waals surface area contributed by atoms with Gasteiger partial charge in [-0.1, -0.05) is 33.3 Å². The van der Waals surface area contributed by atoms with Crippen LogP contribution in [0.3, 0.4) is 0 Å². The van der Waals surface area contributed by atoms with Gasteiger partial charge in [-0.3, -0.25) is 14.6 Å². The molecule has 0 saturated carbocycles. The molecule has 5 nitrogen and oxygen atoms in total. The van der Waals surface area contributed by atoms with Gasteiger partial charge in [-0.2, -0.15) is 0 Å². The predicted octanol–water partition coefficient (Wildman–Crippen LogP) is 5.04. The number of carbonyl (C=O) groups excluding carboxylic acids is 1. The zero-order valence-corrected chi connectivity index (χ0v) is 19.8. The van der Waals surface area contributed by atoms with Crippen LogP contribution in [0.4, 0.5) is 5.13 Å². The molecule has 1 saturated heterocycles. The Morgan fingerprint density at radius 2 is 1.90 bits per heavy atom. The maximum absolute atomic E-state index is 13.4. The smallest absolute Gasteiger partial charge is 0.260 e. The molecule has 1 aromatic heterocycles. The Kier molecular flexibility index (Phi) is 6.83. The minimum Gasteiger partial charge on any atom is -0.379 e. The van der Waals surface area contributed by atoms with Gasteiger partial charge in [0, 0.05) is 36.2 Å². The normalized spacial score (nSPS) is 14.9. The van der Waals surface area contributed by atoms with Crippen molar-refractivity contribution >= 4 is 48.5 Å². The van der Waals surface area contributed by atoms with Crippen LogP contribution in [0.1, 0.15) is 27.9 Å². The lowest BCUT2D eigenvalue weighted by molar-refractivity contribution is 0.0376. The van der Waals surface area contributed by atoms with Crippen LogP contribution in [-0.2, 0) is 4.74 Å². The lowest BCUT2D eigenvalue weighted by Crippen LogP contribution is -2.39. The molecule has 2 heterocycles. The second-order valence-electron chi connectivity index (χ2n) is 7.62. The van der Waals surface area contributed by atoms with E-state index in [9.17, 15) is 4.79 Å². The minimum absolute atomic E-state index is 0.00194. The highest BCUT2D eigenvalue weighted by molar-refractivity contribution is 9.10. The third-order valence-electron chi connectivity index (χ3n) is 5.60. The van der Waals surface area contributed by atoms with E-state index in [4.69, 9.17) is 9.72 Å². The number of aryl methyl sites for hydroxylation is 2. The third kappa shape index (κ3) is 4.75. The third-order valence-corrected chi connectivity index (χ3v) is 7.17. The minimum atomic E-state index is -0.00194. The quantitative estimate of drug-likeness (QED) is 0.488. The van der Waals surface area contributed by atoms with Gasteiger partial charge in [0.15, 0.2) is 5.13 Å². The molecule has 0 atom stereocenters. The van der Waals surface area contributed by atoms with Gasteiger partial charge in [0.2, 0.25) is 0 Å². The molecule has 1 fully saturated rings. The summed E-state index contributed by atoms with van der Waals surface area (Å²) < 4.78 is 7.52. The number of halogens is 1. The first-order valence-electron chi connectivity index (χ1n) is 10.3. The van der Waals surface area contributed by atoms with Gasteiger partial charge in [0.05, 0.1) is 23.4 Å². The highest BCUT2D eigenvalue weighted by atomic mass is 79.9. The SMILES string of the molecule is Cc1ccc2sc(N(CCCN3CCOCC3)C(=O)c3ccc(Br)cc3)nc2c1C. The van der Waals surface area contributed by atoms with Crippen molar-refractivity contribution in [3.63, 3.8) is 0 Å². The number of thiazole rings is 1. The number of amides is 1. The van der Waals surface area contributed by atoms with Gasteiger partial charge >= 0.3 is 0 Å². The molecule has 0 spiro atoms. The van der Waals surface area contributed by atoms with E-state index in [1.807, 2.05) is 29.2 Å². The Bertz CT molecular complexity index is 1030. The molecule has 0 unspecified atom stereocenters. The fraction of sp³-hybridized carbons (Fsp3) is 0.391. The highest BCUT2D eigenvalue weighted by Gasteiger charge is 2.22. The van der Waals surface area contributed by atoms with Crippen LogP contribution < -0.4 is 4.90 Å². The lowest BCUT2D eigenvalue weighted by Gasteiger charge is -2.27. The lowest BCUT2D eigenvalue weighted by atomic mass is 10.1. The Labute approximate surface area is 189 Å². The van der Waals surface area contributed by atoms with Crippen LogP contribution >= 0.6 is 27.3 Å². The van der Waals surface area contributed by atoms with Crippen molar-refractivity contribution in [3.8, 4) is 0 Å². The van der Waals surface area contributed by atoms with Crippen LogP contribution in [-0.4, -0.2) is 55.2 Å². The summed E-state index contributed by atoms with van der Waals surface area (Å²) in [4.78, 5) is 22.5. The molecule has 1 amide bonds. The molecule has 3 aromatic rings. The van der Waals surface area contributed by atoms with Gasteiger partial charge in [-0.15, -0.1) is 0 Å². The average Bonchev–Trinajstić information content (AvgIpc) is 3.19. The molecule has 0 N–H and O–H groups in total. The second kappa shape index (κ2) is 9.56. The molecule has 7 heteroatoms. The van der Waals surface area contributed by atoms with Crippen molar-refractivity contribution in [3.05, 3.63) is 57.6 Å². The summed E-state index contributed by atoms with van der Waals surface area (Å²) in [6.07, 6.45) is 0.899. The fourth-order valence-electron chi connectivity index (χ4n) is 3.64. The number of fused-ring (bicyclic) bond motifs is 1. The number of carbonyl (C=O) groups is 1. The molecule has 0 bridgehead atoms. The fourth-order valence-corrected chi connectivity index (χ4v) is 4.95. The molecular weight excluding hydrogens is 462 g/mol. The van der Waals surface area contributed by atoms with Gasteiger partial charge in [0.1, 0.15) is 0 Å². The van der Waals surface area contributed by atoms with E-state index in [1.54, 1.807) is 11.3 Å². The topological polar surface area (TPSA) is 45.7 Å². The zero-order chi connectivity index (χ0) is 21.1. The van der Waals surface area contributed by atoms with E-state index in [2.05, 4.69) is 46.8 Å². The highest BCUT2D eigenvalue weighted by Crippen LogP contribution is 2.33. The van der Waals surface area contributed by atoms with E-state index in [0.29, 0.717) is 12.1 Å². The maximum atomic E-state index is 13.4.